The van der Waals surface area contributed by atoms with E-state index in [4.69, 9.17) is 9.05 Å². The van der Waals surface area contributed by atoms with E-state index in [0.29, 0.717) is 17.4 Å². The quantitative estimate of drug-likeness (QED) is 0.0286. The summed E-state index contributed by atoms with van der Waals surface area (Å²) in [6.45, 7) is 4.34. The van der Waals surface area contributed by atoms with Crippen molar-refractivity contribution in [1.82, 2.24) is 5.32 Å². The maximum atomic E-state index is 12.8. The lowest BCUT2D eigenvalue weighted by Gasteiger charge is -2.29. The van der Waals surface area contributed by atoms with Crippen LogP contribution < -0.4 is 10.2 Å². The normalized spacial score (nSPS) is 15.1. The number of quaternary nitrogens is 1. The third-order valence-electron chi connectivity index (χ3n) is 8.77. The molecule has 2 N–H and O–H groups in total. The number of hydrogen-bond acceptors (Lipinski definition) is 6. The van der Waals surface area contributed by atoms with E-state index < -0.39 is 26.6 Å². The van der Waals surface area contributed by atoms with Gasteiger partial charge in [-0.3, -0.25) is 9.36 Å². The predicted molar refractivity (Wildman–Crippen MR) is 219 cm³/mol. The highest BCUT2D eigenvalue weighted by Crippen LogP contribution is 2.38. The summed E-state index contributed by atoms with van der Waals surface area (Å²) in [6, 6.07) is -0.911. The van der Waals surface area contributed by atoms with Gasteiger partial charge >= 0.3 is 0 Å². The standard InChI is InChI=1S/C43H79N2O6P/c1-6-8-10-12-14-16-17-18-19-20-21-22-23-24-25-26-27-29-31-33-35-37-43(47)44-41(40-51-52(48,49)50-39-38-45(3,4)5)42(46)36-34-32-30-28-15-13-11-9-7-2/h7,9,15,17-18,20-21,28,34,36,41-42,46H,6,8,10-14,16,19,22-27,29-33,35,37-40H2,1-5H3,(H-,44,47,48,49)/b9-7+,18-17-,21-20-,28-15+,36-34+. The van der Waals surface area contributed by atoms with Crippen LogP contribution in [-0.4, -0.2) is 68.5 Å². The van der Waals surface area contributed by atoms with Gasteiger partial charge in [0.25, 0.3) is 7.82 Å². The summed E-state index contributed by atoms with van der Waals surface area (Å²) >= 11 is 0. The summed E-state index contributed by atoms with van der Waals surface area (Å²) in [5.74, 6) is -0.223. The number of nitrogens with one attached hydrogen (secondary N) is 1. The minimum Gasteiger partial charge on any atom is -0.756 e. The molecule has 0 aliphatic rings. The molecule has 0 spiro atoms. The van der Waals surface area contributed by atoms with E-state index in [1.54, 1.807) is 6.08 Å². The first kappa shape index (κ1) is 50.2. The summed E-state index contributed by atoms with van der Waals surface area (Å²) in [4.78, 5) is 25.2. The van der Waals surface area contributed by atoms with Gasteiger partial charge in [0, 0.05) is 6.42 Å². The lowest BCUT2D eigenvalue weighted by molar-refractivity contribution is -0.870. The number of phosphoric acid groups is 1. The number of phosphoric ester groups is 1. The van der Waals surface area contributed by atoms with E-state index in [1.807, 2.05) is 40.2 Å². The number of hydrogen-bond donors (Lipinski definition) is 2. The van der Waals surface area contributed by atoms with Crippen molar-refractivity contribution in [2.75, 3.05) is 40.9 Å². The molecule has 0 saturated carbocycles. The van der Waals surface area contributed by atoms with E-state index in [1.165, 1.54) is 83.5 Å². The van der Waals surface area contributed by atoms with Crippen LogP contribution in [0.4, 0.5) is 0 Å². The molecule has 0 aliphatic carbocycles. The molecule has 0 rings (SSSR count). The molecule has 0 heterocycles. The second-order valence-electron chi connectivity index (χ2n) is 15.0. The Morgan fingerprint density at radius 1 is 0.712 bits per heavy atom. The van der Waals surface area contributed by atoms with Crippen molar-refractivity contribution in [2.45, 2.75) is 167 Å². The lowest BCUT2D eigenvalue weighted by atomic mass is 10.1. The summed E-state index contributed by atoms with van der Waals surface area (Å²) in [6.07, 6.45) is 44.4. The Balaban J connectivity index is 4.34. The molecule has 52 heavy (non-hydrogen) atoms. The Morgan fingerprint density at radius 2 is 1.21 bits per heavy atom. The number of unbranched alkanes of at least 4 members (excludes halogenated alkanes) is 16. The molecule has 3 unspecified atom stereocenters. The summed E-state index contributed by atoms with van der Waals surface area (Å²) in [5.41, 5.74) is 0. The van der Waals surface area contributed by atoms with E-state index in [-0.39, 0.29) is 12.5 Å². The second kappa shape index (κ2) is 34.9. The number of likely N-dealkylation sites (N-methyl/N-ethyl adjacent to an activating group) is 1. The van der Waals surface area contributed by atoms with Gasteiger partial charge in [0.2, 0.25) is 5.91 Å². The van der Waals surface area contributed by atoms with Crippen LogP contribution in [0, 0.1) is 0 Å². The van der Waals surface area contributed by atoms with Crippen molar-refractivity contribution in [3.63, 3.8) is 0 Å². The zero-order valence-electron chi connectivity index (χ0n) is 34.0. The third kappa shape index (κ3) is 36.6. The lowest BCUT2D eigenvalue weighted by Crippen LogP contribution is -2.45. The third-order valence-corrected chi connectivity index (χ3v) is 9.74. The number of allylic oxidation sites excluding steroid dienone is 9. The Bertz CT molecular complexity index is 1030. The fraction of sp³-hybridized carbons (Fsp3) is 0.744. The van der Waals surface area contributed by atoms with Crippen LogP contribution in [0.15, 0.2) is 60.8 Å². The fourth-order valence-corrected chi connectivity index (χ4v) is 6.18. The molecule has 1 amide bonds. The average molecular weight is 751 g/mol. The Kier molecular flexibility index (Phi) is 33.7. The molecule has 302 valence electrons. The SMILES string of the molecule is C/C=C/CC/C=C/CC/C=C/C(O)C(COP(=O)([O-])OCC[N+](C)(C)C)NC(=O)CCCCCCCCCCC/C=C\C/C=C\CCCCCCC. The zero-order valence-corrected chi connectivity index (χ0v) is 34.9. The van der Waals surface area contributed by atoms with E-state index in [9.17, 15) is 19.4 Å². The van der Waals surface area contributed by atoms with Crippen molar-refractivity contribution in [2.24, 2.45) is 0 Å². The van der Waals surface area contributed by atoms with E-state index in [0.717, 1.165) is 51.4 Å². The summed E-state index contributed by atoms with van der Waals surface area (Å²) in [7, 11) is 1.22. The number of carbonyl (C=O) groups is 1. The van der Waals surface area contributed by atoms with E-state index >= 15 is 0 Å². The minimum atomic E-state index is -4.59. The first-order valence-electron chi connectivity index (χ1n) is 20.6. The van der Waals surface area contributed by atoms with Gasteiger partial charge in [-0.05, 0) is 71.1 Å². The molecular weight excluding hydrogens is 671 g/mol. The maximum Gasteiger partial charge on any atom is 0.268 e. The van der Waals surface area contributed by atoms with Crippen LogP contribution in [0.5, 0.6) is 0 Å². The first-order valence-corrected chi connectivity index (χ1v) is 22.1. The Labute approximate surface area is 320 Å². The molecule has 0 saturated heterocycles. The number of rotatable bonds is 36. The van der Waals surface area contributed by atoms with Gasteiger partial charge in [-0.1, -0.05) is 138 Å². The monoisotopic (exact) mass is 751 g/mol. The van der Waals surface area contributed by atoms with Gasteiger partial charge < -0.3 is 28.8 Å². The second-order valence-corrected chi connectivity index (χ2v) is 16.4. The van der Waals surface area contributed by atoms with Gasteiger partial charge in [0.1, 0.15) is 13.2 Å². The van der Waals surface area contributed by atoms with Crippen molar-refractivity contribution in [3.8, 4) is 0 Å². The van der Waals surface area contributed by atoms with Crippen LogP contribution in [0.3, 0.4) is 0 Å². The molecule has 0 aromatic heterocycles. The van der Waals surface area contributed by atoms with Crippen molar-refractivity contribution >= 4 is 13.7 Å². The highest BCUT2D eigenvalue weighted by atomic mass is 31.2. The molecule has 9 heteroatoms. The molecule has 0 aliphatic heterocycles. The van der Waals surface area contributed by atoms with Crippen LogP contribution in [0.2, 0.25) is 0 Å². The molecular formula is C43H79N2O6P. The smallest absolute Gasteiger partial charge is 0.268 e. The fourth-order valence-electron chi connectivity index (χ4n) is 5.45. The summed E-state index contributed by atoms with van der Waals surface area (Å²) < 4.78 is 23.0. The van der Waals surface area contributed by atoms with Gasteiger partial charge in [0.05, 0.1) is 39.9 Å². The van der Waals surface area contributed by atoms with Gasteiger partial charge in [-0.2, -0.15) is 0 Å². The number of aliphatic hydroxyl groups is 1. The predicted octanol–water partition coefficient (Wildman–Crippen LogP) is 10.4. The highest BCUT2D eigenvalue weighted by molar-refractivity contribution is 7.45. The van der Waals surface area contributed by atoms with Gasteiger partial charge in [0.15, 0.2) is 0 Å². The Hall–Kier alpha value is -1.80. The van der Waals surface area contributed by atoms with E-state index in [2.05, 4.69) is 54.8 Å². The molecule has 0 aromatic carbocycles. The minimum absolute atomic E-state index is 0.0126. The maximum absolute atomic E-state index is 12.8. The van der Waals surface area contributed by atoms with Crippen molar-refractivity contribution in [1.29, 1.82) is 0 Å². The molecule has 8 nitrogen and oxygen atoms in total. The number of aliphatic hydroxyl groups excluding tert-OH is 1. The van der Waals surface area contributed by atoms with Crippen LogP contribution in [0.1, 0.15) is 155 Å². The van der Waals surface area contributed by atoms with Crippen LogP contribution >= 0.6 is 7.82 Å². The topological polar surface area (TPSA) is 108 Å². The largest absolute Gasteiger partial charge is 0.756 e. The van der Waals surface area contributed by atoms with Crippen LogP contribution in [0.25, 0.3) is 0 Å². The molecule has 0 fully saturated rings. The van der Waals surface area contributed by atoms with Gasteiger partial charge in [-0.15, -0.1) is 0 Å². The molecule has 3 atom stereocenters. The average Bonchev–Trinajstić information content (AvgIpc) is 3.09. The first-order chi connectivity index (χ1) is 25.0. The molecule has 0 radical (unpaired) electrons. The molecule has 0 aromatic rings. The van der Waals surface area contributed by atoms with Crippen LogP contribution in [-0.2, 0) is 18.4 Å². The number of amides is 1. The highest BCUT2D eigenvalue weighted by Gasteiger charge is 2.23. The summed E-state index contributed by atoms with van der Waals surface area (Å²) in [5, 5.41) is 13.6. The number of nitrogens with zero attached hydrogens (tertiary/aromatic N) is 1. The zero-order chi connectivity index (χ0) is 38.6. The van der Waals surface area contributed by atoms with Gasteiger partial charge in [-0.25, -0.2) is 0 Å². The van der Waals surface area contributed by atoms with Crippen molar-refractivity contribution in [3.05, 3.63) is 60.8 Å². The number of carbonyl (C=O) groups excluding carboxylic acids is 1. The van der Waals surface area contributed by atoms with Crippen molar-refractivity contribution < 1.29 is 32.9 Å². The Morgan fingerprint density at radius 3 is 1.77 bits per heavy atom. The molecule has 0 bridgehead atoms.